The number of carbonyl (C=O) groups is 1. The van der Waals surface area contributed by atoms with Gasteiger partial charge in [-0.2, -0.15) is 0 Å². The number of hydrogen-bond donors (Lipinski definition) is 2. The number of ether oxygens (including phenoxy) is 1. The predicted molar refractivity (Wildman–Crippen MR) is 80.5 cm³/mol. The van der Waals surface area contributed by atoms with E-state index in [0.717, 1.165) is 0 Å². The Hall–Kier alpha value is -1.46. The Kier molecular flexibility index (Phi) is 4.08. The summed E-state index contributed by atoms with van der Waals surface area (Å²) in [5.74, 6) is -0.551. The molecule has 4 nitrogen and oxygen atoms in total. The number of anilines is 1. The minimum Gasteiger partial charge on any atom is -0.378 e. The lowest BCUT2D eigenvalue weighted by atomic mass is 9.54. The number of aryl methyl sites for hydroxylation is 1. The van der Waals surface area contributed by atoms with Crippen molar-refractivity contribution >= 4 is 11.6 Å². The average Bonchev–Trinajstić information content (AvgIpc) is 2.42. The molecule has 0 bridgehead atoms. The second-order valence-electron chi connectivity index (χ2n) is 6.26. The van der Waals surface area contributed by atoms with Crippen molar-refractivity contribution in [1.29, 1.82) is 0 Å². The fourth-order valence-corrected chi connectivity index (χ4v) is 2.79. The Morgan fingerprint density at radius 1 is 1.52 bits per heavy atom. The van der Waals surface area contributed by atoms with Crippen LogP contribution in [0.15, 0.2) is 18.2 Å². The molecule has 0 radical (unpaired) electrons. The third kappa shape index (κ3) is 2.56. The first-order valence-corrected chi connectivity index (χ1v) is 7.20. The molecule has 0 heterocycles. The maximum atomic E-state index is 13.3. The highest BCUT2D eigenvalue weighted by atomic mass is 19.1. The van der Waals surface area contributed by atoms with E-state index in [9.17, 15) is 9.18 Å². The Bertz CT molecular complexity index is 559. The molecule has 1 amide bonds. The summed E-state index contributed by atoms with van der Waals surface area (Å²) in [7, 11) is 0. The Labute approximate surface area is 124 Å². The molecule has 2 unspecified atom stereocenters. The fraction of sp³-hybridized carbons (Fsp3) is 0.562. The smallest absolute Gasteiger partial charge is 0.245 e. The highest BCUT2D eigenvalue weighted by Crippen LogP contribution is 2.50. The molecule has 0 spiro atoms. The molecule has 3 N–H and O–H groups in total. The highest BCUT2D eigenvalue weighted by molar-refractivity contribution is 5.99. The van der Waals surface area contributed by atoms with E-state index >= 15 is 0 Å². The van der Waals surface area contributed by atoms with Gasteiger partial charge in [-0.05, 0) is 37.6 Å². The topological polar surface area (TPSA) is 64.3 Å². The quantitative estimate of drug-likeness (QED) is 0.897. The molecule has 2 atom stereocenters. The van der Waals surface area contributed by atoms with Crippen LogP contribution in [0.4, 0.5) is 10.1 Å². The molecule has 0 aromatic heterocycles. The molecule has 1 aliphatic carbocycles. The largest absolute Gasteiger partial charge is 0.378 e. The number of benzene rings is 1. The van der Waals surface area contributed by atoms with Gasteiger partial charge in [0.15, 0.2) is 0 Å². The van der Waals surface area contributed by atoms with Crippen molar-refractivity contribution in [3.05, 3.63) is 29.6 Å². The minimum absolute atomic E-state index is 0.0202. The number of carbonyl (C=O) groups excluding carboxylic acids is 1. The van der Waals surface area contributed by atoms with E-state index < -0.39 is 11.0 Å². The molecule has 2 rings (SSSR count). The Balaban J connectivity index is 2.12. The molecule has 0 aliphatic heterocycles. The van der Waals surface area contributed by atoms with E-state index in [1.165, 1.54) is 12.1 Å². The lowest BCUT2D eigenvalue weighted by Gasteiger charge is -2.57. The van der Waals surface area contributed by atoms with Gasteiger partial charge in [-0.15, -0.1) is 0 Å². The van der Waals surface area contributed by atoms with Crippen molar-refractivity contribution in [2.45, 2.75) is 45.8 Å². The molecule has 0 saturated heterocycles. The average molecular weight is 294 g/mol. The van der Waals surface area contributed by atoms with E-state index in [1.54, 1.807) is 13.0 Å². The van der Waals surface area contributed by atoms with Gasteiger partial charge < -0.3 is 15.8 Å². The van der Waals surface area contributed by atoms with Gasteiger partial charge in [0, 0.05) is 24.1 Å². The van der Waals surface area contributed by atoms with Crippen molar-refractivity contribution in [1.82, 2.24) is 0 Å². The molecule has 1 aromatic carbocycles. The standard InChI is InChI=1S/C16H23FN2O2/c1-5-21-13-9-16(18,15(13,3)4)14(20)19-11-6-7-12(17)10(2)8-11/h6-8,13H,5,9,18H2,1-4H3,(H,19,20). The van der Waals surface area contributed by atoms with E-state index in [2.05, 4.69) is 5.32 Å². The number of nitrogens with one attached hydrogen (secondary N) is 1. The van der Waals surface area contributed by atoms with Crippen molar-refractivity contribution in [3.8, 4) is 0 Å². The van der Waals surface area contributed by atoms with Gasteiger partial charge in [-0.1, -0.05) is 13.8 Å². The van der Waals surface area contributed by atoms with Crippen LogP contribution in [0.2, 0.25) is 0 Å². The lowest BCUT2D eigenvalue weighted by molar-refractivity contribution is -0.166. The van der Waals surface area contributed by atoms with Crippen LogP contribution in [0.25, 0.3) is 0 Å². The Morgan fingerprint density at radius 2 is 2.19 bits per heavy atom. The second-order valence-corrected chi connectivity index (χ2v) is 6.26. The van der Waals surface area contributed by atoms with Crippen LogP contribution in [-0.2, 0) is 9.53 Å². The molecule has 21 heavy (non-hydrogen) atoms. The third-order valence-corrected chi connectivity index (χ3v) is 4.65. The molecule has 1 aromatic rings. The summed E-state index contributed by atoms with van der Waals surface area (Å²) in [5.41, 5.74) is 5.92. The van der Waals surface area contributed by atoms with Crippen molar-refractivity contribution < 1.29 is 13.9 Å². The summed E-state index contributed by atoms with van der Waals surface area (Å²) in [4.78, 5) is 12.5. The van der Waals surface area contributed by atoms with Crippen LogP contribution in [0.5, 0.6) is 0 Å². The minimum atomic E-state index is -0.977. The van der Waals surface area contributed by atoms with Gasteiger partial charge >= 0.3 is 0 Å². The number of halogens is 1. The molecule has 1 aliphatic rings. The molecule has 5 heteroatoms. The van der Waals surface area contributed by atoms with Crippen LogP contribution < -0.4 is 11.1 Å². The van der Waals surface area contributed by atoms with Crippen molar-refractivity contribution in [2.75, 3.05) is 11.9 Å². The normalized spacial score (nSPS) is 27.0. The van der Waals surface area contributed by atoms with Gasteiger partial charge in [-0.25, -0.2) is 4.39 Å². The number of rotatable bonds is 4. The number of amides is 1. The summed E-state index contributed by atoms with van der Waals surface area (Å²) in [6.45, 7) is 8.05. The van der Waals surface area contributed by atoms with Gasteiger partial charge in [0.2, 0.25) is 5.91 Å². The maximum absolute atomic E-state index is 13.3. The molecule has 1 fully saturated rings. The zero-order chi connectivity index (χ0) is 15.8. The monoisotopic (exact) mass is 294 g/mol. The van der Waals surface area contributed by atoms with Gasteiger partial charge in [0.1, 0.15) is 11.4 Å². The predicted octanol–water partition coefficient (Wildman–Crippen LogP) is 2.61. The maximum Gasteiger partial charge on any atom is 0.245 e. The van der Waals surface area contributed by atoms with E-state index in [0.29, 0.717) is 24.3 Å². The first-order valence-electron chi connectivity index (χ1n) is 7.20. The zero-order valence-electron chi connectivity index (χ0n) is 13.0. The second kappa shape index (κ2) is 5.39. The fourth-order valence-electron chi connectivity index (χ4n) is 2.79. The summed E-state index contributed by atoms with van der Waals surface area (Å²) < 4.78 is 18.9. The molecular formula is C16H23FN2O2. The van der Waals surface area contributed by atoms with Crippen LogP contribution in [0, 0.1) is 18.2 Å². The van der Waals surface area contributed by atoms with E-state index in [-0.39, 0.29) is 17.8 Å². The Morgan fingerprint density at radius 3 is 2.71 bits per heavy atom. The van der Waals surface area contributed by atoms with Crippen molar-refractivity contribution in [2.24, 2.45) is 11.1 Å². The summed E-state index contributed by atoms with van der Waals surface area (Å²) in [6.07, 6.45) is 0.466. The molecule has 1 saturated carbocycles. The van der Waals surface area contributed by atoms with Crippen LogP contribution in [0.3, 0.4) is 0 Å². The first-order chi connectivity index (χ1) is 9.72. The summed E-state index contributed by atoms with van der Waals surface area (Å²) in [5, 5.41) is 2.78. The lowest BCUT2D eigenvalue weighted by Crippen LogP contribution is -2.74. The molecular weight excluding hydrogens is 271 g/mol. The first kappa shape index (κ1) is 15.9. The van der Waals surface area contributed by atoms with Gasteiger partial charge in [0.25, 0.3) is 0 Å². The summed E-state index contributed by atoms with van der Waals surface area (Å²) in [6, 6.07) is 4.47. The summed E-state index contributed by atoms with van der Waals surface area (Å²) >= 11 is 0. The molecule has 116 valence electrons. The van der Waals surface area contributed by atoms with Gasteiger partial charge in [0.05, 0.1) is 6.10 Å². The number of hydrogen-bond acceptors (Lipinski definition) is 3. The van der Waals surface area contributed by atoms with Crippen LogP contribution in [-0.4, -0.2) is 24.2 Å². The highest BCUT2D eigenvalue weighted by Gasteiger charge is 2.62. The van der Waals surface area contributed by atoms with Crippen LogP contribution in [0.1, 0.15) is 32.8 Å². The van der Waals surface area contributed by atoms with Crippen LogP contribution >= 0.6 is 0 Å². The van der Waals surface area contributed by atoms with E-state index in [4.69, 9.17) is 10.5 Å². The van der Waals surface area contributed by atoms with Gasteiger partial charge in [-0.3, -0.25) is 4.79 Å². The SMILES string of the molecule is CCOC1CC(N)(C(=O)Nc2ccc(F)c(C)c2)C1(C)C. The van der Waals surface area contributed by atoms with E-state index in [1.807, 2.05) is 20.8 Å². The van der Waals surface area contributed by atoms with Crippen molar-refractivity contribution in [3.63, 3.8) is 0 Å². The number of nitrogens with two attached hydrogens (primary N) is 1. The zero-order valence-corrected chi connectivity index (χ0v) is 13.0. The third-order valence-electron chi connectivity index (χ3n) is 4.65.